The summed E-state index contributed by atoms with van der Waals surface area (Å²) < 4.78 is 1.99. The van der Waals surface area contributed by atoms with Crippen LogP contribution in [0.15, 0.2) is 64.9 Å². The van der Waals surface area contributed by atoms with E-state index in [1.807, 2.05) is 43.3 Å². The first-order valence-corrected chi connectivity index (χ1v) is 13.1. The Morgan fingerprint density at radius 2 is 1.89 bits per heavy atom. The molecule has 0 spiro atoms. The Bertz CT molecular complexity index is 1480. The van der Waals surface area contributed by atoms with E-state index in [1.54, 1.807) is 18.3 Å². The molecular weight excluding hydrogens is 514 g/mol. The van der Waals surface area contributed by atoms with Crippen molar-refractivity contribution in [1.29, 1.82) is 0 Å². The summed E-state index contributed by atoms with van der Waals surface area (Å²) in [5.41, 5.74) is 2.73. The number of hydrogen-bond donors (Lipinski definition) is 0. The van der Waals surface area contributed by atoms with Crippen molar-refractivity contribution in [2.24, 2.45) is 0 Å². The van der Waals surface area contributed by atoms with Gasteiger partial charge in [-0.05, 0) is 42.8 Å². The quantitative estimate of drug-likeness (QED) is 0.272. The number of amides is 1. The molecule has 0 bridgehead atoms. The Kier molecular flexibility index (Phi) is 6.87. The van der Waals surface area contributed by atoms with Crippen LogP contribution < -0.4 is 15.4 Å². The predicted molar refractivity (Wildman–Crippen MR) is 152 cm³/mol. The monoisotopic (exact) mass is 537 g/mol. The van der Waals surface area contributed by atoms with Crippen LogP contribution in [0.25, 0.3) is 11.7 Å². The molecule has 5 rings (SSSR count). The molecule has 1 aromatic carbocycles. The number of aryl methyl sites for hydroxylation is 1. The molecule has 2 aliphatic heterocycles. The molecule has 2 saturated heterocycles. The smallest absolute Gasteiger partial charge is 0.267 e. The van der Waals surface area contributed by atoms with Crippen LogP contribution in [0.4, 0.5) is 11.5 Å². The Hall–Kier alpha value is -3.14. The maximum Gasteiger partial charge on any atom is 0.267 e. The number of benzene rings is 1. The number of piperazine rings is 1. The summed E-state index contributed by atoms with van der Waals surface area (Å²) in [7, 11) is 0. The number of thioether (sulfide) groups is 1. The van der Waals surface area contributed by atoms with Crippen LogP contribution in [0.3, 0.4) is 0 Å². The molecule has 0 unspecified atom stereocenters. The van der Waals surface area contributed by atoms with Crippen molar-refractivity contribution in [3.05, 3.63) is 86.7 Å². The highest BCUT2D eigenvalue weighted by molar-refractivity contribution is 8.26. The van der Waals surface area contributed by atoms with Gasteiger partial charge < -0.3 is 9.80 Å². The van der Waals surface area contributed by atoms with E-state index in [0.29, 0.717) is 50.9 Å². The molecule has 2 aromatic heterocycles. The van der Waals surface area contributed by atoms with Crippen molar-refractivity contribution >= 4 is 69.0 Å². The van der Waals surface area contributed by atoms with Gasteiger partial charge in [0.05, 0.1) is 10.5 Å². The van der Waals surface area contributed by atoms with Gasteiger partial charge in [-0.2, -0.15) is 0 Å². The van der Waals surface area contributed by atoms with Crippen LogP contribution in [0.2, 0.25) is 5.02 Å². The molecule has 3 aromatic rings. The lowest BCUT2D eigenvalue weighted by Crippen LogP contribution is -2.47. The molecule has 0 radical (unpaired) electrons. The van der Waals surface area contributed by atoms with Crippen molar-refractivity contribution in [3.63, 3.8) is 0 Å². The minimum Gasteiger partial charge on any atom is -0.368 e. The van der Waals surface area contributed by atoms with E-state index in [2.05, 4.69) is 16.4 Å². The summed E-state index contributed by atoms with van der Waals surface area (Å²) in [6, 6.07) is 11.6. The average Bonchev–Trinajstić information content (AvgIpc) is 3.14. The topological polar surface area (TPSA) is 61.2 Å². The van der Waals surface area contributed by atoms with Gasteiger partial charge in [0.15, 0.2) is 0 Å². The highest BCUT2D eigenvalue weighted by Gasteiger charge is 2.32. The highest BCUT2D eigenvalue weighted by Crippen LogP contribution is 2.34. The van der Waals surface area contributed by atoms with Gasteiger partial charge in [0.1, 0.15) is 15.8 Å². The molecule has 0 saturated carbocycles. The fraction of sp³-hybridized carbons (Fsp3) is 0.231. The van der Waals surface area contributed by atoms with Crippen molar-refractivity contribution in [2.45, 2.75) is 6.92 Å². The Morgan fingerprint density at radius 1 is 1.14 bits per heavy atom. The number of hydrogen-bond acceptors (Lipinski definition) is 7. The van der Waals surface area contributed by atoms with Gasteiger partial charge in [0.2, 0.25) is 0 Å². The predicted octanol–water partition coefficient (Wildman–Crippen LogP) is 4.37. The maximum atomic E-state index is 13.7. The van der Waals surface area contributed by atoms with Gasteiger partial charge in [0.25, 0.3) is 11.5 Å². The van der Waals surface area contributed by atoms with Crippen LogP contribution in [0.1, 0.15) is 11.1 Å². The largest absolute Gasteiger partial charge is 0.368 e. The number of thiocarbonyl (C=S) groups is 1. The third kappa shape index (κ3) is 4.54. The number of anilines is 2. The van der Waals surface area contributed by atoms with E-state index in [-0.39, 0.29) is 11.5 Å². The molecule has 7 nitrogen and oxygen atoms in total. The van der Waals surface area contributed by atoms with Gasteiger partial charge in [-0.1, -0.05) is 53.8 Å². The zero-order valence-electron chi connectivity index (χ0n) is 19.7. The lowest BCUT2D eigenvalue weighted by molar-refractivity contribution is -0.121. The number of fused-ring (bicyclic) bond motifs is 1. The number of carbonyl (C=O) groups is 1. The van der Waals surface area contributed by atoms with Gasteiger partial charge >= 0.3 is 0 Å². The van der Waals surface area contributed by atoms with Crippen LogP contribution in [0.5, 0.6) is 0 Å². The van der Waals surface area contributed by atoms with E-state index >= 15 is 0 Å². The molecule has 36 heavy (non-hydrogen) atoms. The van der Waals surface area contributed by atoms with Gasteiger partial charge in [-0.15, -0.1) is 6.58 Å². The molecule has 2 aliphatic rings. The SMILES string of the molecule is C=CCN1C(=O)/C(=C\c2c(N3CCN(c4cccc(Cl)c4)CC3)nc3c(C)cccn3c2=O)SC1=S. The number of carbonyl (C=O) groups excluding carboxylic acids is 1. The van der Waals surface area contributed by atoms with Crippen molar-refractivity contribution in [3.8, 4) is 0 Å². The first kappa shape index (κ1) is 24.5. The van der Waals surface area contributed by atoms with E-state index in [0.717, 1.165) is 24.3 Å². The summed E-state index contributed by atoms with van der Waals surface area (Å²) in [6.07, 6.45) is 4.98. The second kappa shape index (κ2) is 10.1. The Labute approximate surface area is 223 Å². The van der Waals surface area contributed by atoms with Crippen LogP contribution in [-0.2, 0) is 4.79 Å². The lowest BCUT2D eigenvalue weighted by atomic mass is 10.2. The van der Waals surface area contributed by atoms with Crippen molar-refractivity contribution in [2.75, 3.05) is 42.5 Å². The van der Waals surface area contributed by atoms with Crippen LogP contribution in [0, 0.1) is 6.92 Å². The van der Waals surface area contributed by atoms with E-state index in [1.165, 1.54) is 21.1 Å². The molecule has 4 heterocycles. The van der Waals surface area contributed by atoms with E-state index in [4.69, 9.17) is 28.8 Å². The van der Waals surface area contributed by atoms with Crippen LogP contribution in [-0.4, -0.2) is 57.2 Å². The van der Waals surface area contributed by atoms with Crippen molar-refractivity contribution in [1.82, 2.24) is 14.3 Å². The molecule has 10 heteroatoms. The second-order valence-corrected chi connectivity index (χ2v) is 10.7. The second-order valence-electron chi connectivity index (χ2n) is 8.57. The molecule has 1 amide bonds. The zero-order valence-corrected chi connectivity index (χ0v) is 22.1. The summed E-state index contributed by atoms with van der Waals surface area (Å²) >= 11 is 12.8. The number of aromatic nitrogens is 2. The maximum absolute atomic E-state index is 13.7. The Morgan fingerprint density at radius 3 is 2.61 bits per heavy atom. The van der Waals surface area contributed by atoms with E-state index in [9.17, 15) is 9.59 Å². The summed E-state index contributed by atoms with van der Waals surface area (Å²) in [5, 5.41) is 0.700. The van der Waals surface area contributed by atoms with Gasteiger partial charge in [0, 0.05) is 49.6 Å². The number of pyridine rings is 1. The number of rotatable bonds is 5. The van der Waals surface area contributed by atoms with Gasteiger partial charge in [-0.25, -0.2) is 4.98 Å². The molecular formula is C26H24ClN5O2S2. The van der Waals surface area contributed by atoms with Crippen LogP contribution >= 0.6 is 35.6 Å². The minimum atomic E-state index is -0.227. The number of nitrogens with zero attached hydrogens (tertiary/aromatic N) is 5. The number of halogens is 1. The first-order chi connectivity index (χ1) is 17.4. The normalized spacial score (nSPS) is 17.5. The molecule has 0 atom stereocenters. The fourth-order valence-corrected chi connectivity index (χ4v) is 5.88. The standard InChI is InChI=1S/C26H24ClN5O2S2/c1-3-9-32-25(34)21(36-26(32)35)16-20-23(28-22-17(2)6-5-10-31(22)24(20)33)30-13-11-29(12-14-30)19-8-4-7-18(27)15-19/h3-8,10,15-16H,1,9,11-14H2,2H3/b21-16+. The zero-order chi connectivity index (χ0) is 25.4. The van der Waals surface area contributed by atoms with E-state index < -0.39 is 0 Å². The summed E-state index contributed by atoms with van der Waals surface area (Å²) in [6.45, 7) is 8.79. The molecule has 0 aliphatic carbocycles. The highest BCUT2D eigenvalue weighted by atomic mass is 35.5. The third-order valence-electron chi connectivity index (χ3n) is 6.28. The molecule has 2 fully saturated rings. The summed E-state index contributed by atoms with van der Waals surface area (Å²) in [5.74, 6) is 0.351. The fourth-order valence-electron chi connectivity index (χ4n) is 4.43. The minimum absolute atomic E-state index is 0.218. The average molecular weight is 538 g/mol. The third-order valence-corrected chi connectivity index (χ3v) is 7.89. The molecule has 0 N–H and O–H groups in total. The molecule has 184 valence electrons. The summed E-state index contributed by atoms with van der Waals surface area (Å²) in [4.78, 5) is 37.9. The lowest BCUT2D eigenvalue weighted by Gasteiger charge is -2.37. The van der Waals surface area contributed by atoms with Crippen molar-refractivity contribution < 1.29 is 4.79 Å². The van der Waals surface area contributed by atoms with Gasteiger partial charge in [-0.3, -0.25) is 18.9 Å². The Balaban J connectivity index is 1.55. The first-order valence-electron chi connectivity index (χ1n) is 11.5.